The highest BCUT2D eigenvalue weighted by Gasteiger charge is 2.49. The molecule has 0 saturated heterocycles. The molecule has 4 aliphatic carbocycles. The smallest absolute Gasteiger partial charge is 0.0547 e. The van der Waals surface area contributed by atoms with Gasteiger partial charge in [-0.25, -0.2) is 0 Å². The van der Waals surface area contributed by atoms with Crippen molar-refractivity contribution in [2.24, 2.45) is 11.8 Å². The Hall–Kier alpha value is -6.80. The maximum Gasteiger partial charge on any atom is 0.0547 e. The van der Waals surface area contributed by atoms with E-state index in [1.807, 2.05) is 0 Å². The second-order valence-electron chi connectivity index (χ2n) is 18.8. The molecule has 0 spiro atoms. The normalized spacial score (nSPS) is 21.0. The highest BCUT2D eigenvalue weighted by Crippen LogP contribution is 2.54. The molecule has 0 N–H and O–H groups in total. The van der Waals surface area contributed by atoms with Gasteiger partial charge in [0.1, 0.15) is 0 Å². The van der Waals surface area contributed by atoms with Gasteiger partial charge in [0, 0.05) is 34.5 Å². The minimum atomic E-state index is -0.484. The van der Waals surface area contributed by atoms with Crippen LogP contribution in [0.3, 0.4) is 0 Å². The number of rotatable bonds is 10. The maximum absolute atomic E-state index is 7.81. The van der Waals surface area contributed by atoms with Crippen molar-refractivity contribution in [3.8, 4) is 0 Å². The lowest BCUT2D eigenvalue weighted by Crippen LogP contribution is -2.50. The van der Waals surface area contributed by atoms with Gasteiger partial charge in [-0.1, -0.05) is 231 Å². The van der Waals surface area contributed by atoms with Crippen molar-refractivity contribution in [1.82, 2.24) is 0 Å². The predicted molar refractivity (Wildman–Crippen MR) is 267 cm³/mol. The monoisotopic (exact) mass is 838 g/mol. The van der Waals surface area contributed by atoms with E-state index in [0.717, 1.165) is 25.7 Å². The Morgan fingerprint density at radius 3 is 1.06 bits per heavy atom. The summed E-state index contributed by atoms with van der Waals surface area (Å²) >= 11 is 0. The molecular formula is C64H54O. The van der Waals surface area contributed by atoms with Crippen LogP contribution < -0.4 is 20.9 Å². The van der Waals surface area contributed by atoms with Gasteiger partial charge < -0.3 is 4.74 Å². The molecule has 0 fully saturated rings. The SMILES string of the molecule is C1=c2ccccc2=C(C2CCc3ccccc32)C(COCC2C(C3CCc4ccccc43)=c3ccccc3=CC2(c2ccccc2)c2ccccc2)C1(c1ccccc1)c1ccccc1. The number of fused-ring (bicyclic) bond motifs is 4. The van der Waals surface area contributed by atoms with Crippen LogP contribution in [0.1, 0.15) is 69.2 Å². The summed E-state index contributed by atoms with van der Waals surface area (Å²) in [6, 6.07) is 82.1. The third-order valence-corrected chi connectivity index (χ3v) is 15.8. The number of benzene rings is 8. The van der Waals surface area contributed by atoms with E-state index in [1.54, 1.807) is 0 Å². The van der Waals surface area contributed by atoms with Gasteiger partial charge in [-0.2, -0.15) is 0 Å². The summed E-state index contributed by atoms with van der Waals surface area (Å²) in [6.45, 7) is 1.13. The number of hydrogen-bond donors (Lipinski definition) is 0. The summed E-state index contributed by atoms with van der Waals surface area (Å²) in [6.07, 6.45) is 9.56. The van der Waals surface area contributed by atoms with Crippen LogP contribution in [0.2, 0.25) is 0 Å². The molecule has 4 unspecified atom stereocenters. The summed E-state index contributed by atoms with van der Waals surface area (Å²) in [7, 11) is 0. The lowest BCUT2D eigenvalue weighted by atomic mass is 9.58. The fourth-order valence-electron chi connectivity index (χ4n) is 13.0. The molecule has 316 valence electrons. The maximum atomic E-state index is 7.81. The molecule has 0 aliphatic heterocycles. The van der Waals surface area contributed by atoms with Crippen LogP contribution in [-0.4, -0.2) is 13.2 Å². The average Bonchev–Trinajstić information content (AvgIpc) is 4.01. The molecule has 4 aliphatic rings. The van der Waals surface area contributed by atoms with Gasteiger partial charge in [0.05, 0.1) is 13.2 Å². The molecule has 0 radical (unpaired) electrons. The highest BCUT2D eigenvalue weighted by atomic mass is 16.5. The molecule has 0 saturated carbocycles. The van der Waals surface area contributed by atoms with E-state index in [9.17, 15) is 0 Å². The molecule has 0 heterocycles. The molecule has 12 rings (SSSR count). The van der Waals surface area contributed by atoms with Crippen LogP contribution in [0.5, 0.6) is 0 Å². The van der Waals surface area contributed by atoms with Crippen LogP contribution in [0.25, 0.3) is 23.3 Å². The molecule has 0 aromatic heterocycles. The van der Waals surface area contributed by atoms with E-state index >= 15 is 0 Å². The van der Waals surface area contributed by atoms with Crippen molar-refractivity contribution in [1.29, 1.82) is 0 Å². The van der Waals surface area contributed by atoms with Crippen LogP contribution >= 0.6 is 0 Å². The standard InChI is InChI=1S/C64H54O/c1-5-25-49(26-6-1)63(50-27-7-2-8-28-50)41-47-23-15-19-35-55(47)61(57-39-37-45-21-13-17-33-53(45)57)59(63)43-65-44-60-62(58-40-38-46-22-14-18-34-54(46)58)56-36-20-16-24-48(56)42-64(60,51-29-9-3-10-30-51)52-31-11-4-12-32-52/h1-36,41-42,57-60H,37-40,43-44H2. The molecule has 0 bridgehead atoms. The number of hydrogen-bond acceptors (Lipinski definition) is 1. The largest absolute Gasteiger partial charge is 0.380 e. The van der Waals surface area contributed by atoms with Crippen LogP contribution in [0, 0.1) is 11.8 Å². The topological polar surface area (TPSA) is 9.23 Å². The molecule has 0 amide bonds. The van der Waals surface area contributed by atoms with Crippen molar-refractivity contribution in [3.05, 3.63) is 284 Å². The predicted octanol–water partition coefficient (Wildman–Crippen LogP) is 11.0. The van der Waals surface area contributed by atoms with E-state index in [1.165, 1.54) is 76.5 Å². The zero-order valence-electron chi connectivity index (χ0n) is 36.9. The lowest BCUT2D eigenvalue weighted by molar-refractivity contribution is 0.0758. The van der Waals surface area contributed by atoms with Crippen molar-refractivity contribution in [3.63, 3.8) is 0 Å². The van der Waals surface area contributed by atoms with E-state index < -0.39 is 10.8 Å². The molecule has 8 aromatic carbocycles. The van der Waals surface area contributed by atoms with Crippen LogP contribution in [0.15, 0.2) is 218 Å². The first-order chi connectivity index (χ1) is 32.2. The van der Waals surface area contributed by atoms with Gasteiger partial charge >= 0.3 is 0 Å². The average molecular weight is 839 g/mol. The molecule has 8 aromatic rings. The third kappa shape index (κ3) is 6.54. The zero-order chi connectivity index (χ0) is 43.2. The van der Waals surface area contributed by atoms with E-state index in [4.69, 9.17) is 4.74 Å². The van der Waals surface area contributed by atoms with Gasteiger partial charge in [-0.3, -0.25) is 0 Å². The fraction of sp³-hybridized carbons (Fsp3) is 0.188. The zero-order valence-corrected chi connectivity index (χ0v) is 36.9. The van der Waals surface area contributed by atoms with Crippen molar-refractivity contribution in [2.45, 2.75) is 48.3 Å². The van der Waals surface area contributed by atoms with Gasteiger partial charge in [0.2, 0.25) is 0 Å². The van der Waals surface area contributed by atoms with E-state index in [0.29, 0.717) is 13.2 Å². The van der Waals surface area contributed by atoms with Gasteiger partial charge in [0.25, 0.3) is 0 Å². The summed E-state index contributed by atoms with van der Waals surface area (Å²) in [5, 5.41) is 5.33. The van der Waals surface area contributed by atoms with E-state index in [-0.39, 0.29) is 23.7 Å². The Morgan fingerprint density at radius 2 is 0.677 bits per heavy atom. The molecular weight excluding hydrogens is 785 g/mol. The summed E-state index contributed by atoms with van der Waals surface area (Å²) in [4.78, 5) is 0. The van der Waals surface area contributed by atoms with Crippen LogP contribution in [0.4, 0.5) is 0 Å². The minimum Gasteiger partial charge on any atom is -0.380 e. The summed E-state index contributed by atoms with van der Waals surface area (Å²) in [5.41, 5.74) is 13.2. The second kappa shape index (κ2) is 16.6. The van der Waals surface area contributed by atoms with E-state index in [2.05, 4.69) is 231 Å². The first-order valence-electron chi connectivity index (χ1n) is 23.8. The Labute approximate surface area is 383 Å². The van der Waals surface area contributed by atoms with Gasteiger partial charge in [-0.05, 0) is 102 Å². The van der Waals surface area contributed by atoms with Crippen molar-refractivity contribution in [2.75, 3.05) is 13.2 Å². The molecule has 1 heteroatoms. The van der Waals surface area contributed by atoms with Crippen molar-refractivity contribution >= 4 is 23.3 Å². The summed E-state index contributed by atoms with van der Waals surface area (Å²) < 4.78 is 7.81. The lowest BCUT2D eigenvalue weighted by Gasteiger charge is -2.47. The van der Waals surface area contributed by atoms with Crippen molar-refractivity contribution < 1.29 is 4.74 Å². The molecule has 65 heavy (non-hydrogen) atoms. The molecule has 1 nitrogen and oxygen atoms in total. The van der Waals surface area contributed by atoms with Gasteiger partial charge in [0.15, 0.2) is 0 Å². The Bertz CT molecular complexity index is 2960. The Kier molecular flexibility index (Phi) is 10.2. The first-order valence-corrected chi connectivity index (χ1v) is 23.8. The fourth-order valence-corrected chi connectivity index (χ4v) is 13.0. The Balaban J connectivity index is 1.08. The number of ether oxygens (including phenoxy) is 1. The van der Waals surface area contributed by atoms with Gasteiger partial charge in [-0.15, -0.1) is 0 Å². The minimum absolute atomic E-state index is 0.0109. The van der Waals surface area contributed by atoms with Crippen LogP contribution in [-0.2, 0) is 28.4 Å². The molecule has 4 atom stereocenters. The highest BCUT2D eigenvalue weighted by molar-refractivity contribution is 5.75. The summed E-state index contributed by atoms with van der Waals surface area (Å²) in [5.74, 6) is 0.579. The Morgan fingerprint density at radius 1 is 0.354 bits per heavy atom. The quantitative estimate of drug-likeness (QED) is 0.133. The first kappa shape index (κ1) is 39.8. The number of aryl methyl sites for hydroxylation is 2. The second-order valence-corrected chi connectivity index (χ2v) is 18.8. The third-order valence-electron chi connectivity index (χ3n) is 15.8.